The Morgan fingerprint density at radius 2 is 2.18 bits per heavy atom. The maximum absolute atomic E-state index is 11.6. The molecule has 0 bridgehead atoms. The first-order chi connectivity index (χ1) is 10.8. The van der Waals surface area contributed by atoms with E-state index in [-0.39, 0.29) is 18.9 Å². The Balaban J connectivity index is 1.30. The van der Waals surface area contributed by atoms with Crippen LogP contribution in [0.15, 0.2) is 18.2 Å². The van der Waals surface area contributed by atoms with Crippen LogP contribution in [-0.2, 0) is 4.74 Å². The van der Waals surface area contributed by atoms with Gasteiger partial charge in [-0.15, -0.1) is 0 Å². The van der Waals surface area contributed by atoms with Crippen molar-refractivity contribution in [3.8, 4) is 17.2 Å². The van der Waals surface area contributed by atoms with Crippen LogP contribution in [-0.4, -0.2) is 45.2 Å². The lowest BCUT2D eigenvalue weighted by Crippen LogP contribution is -2.41. The molecule has 120 valence electrons. The number of rotatable bonds is 6. The van der Waals surface area contributed by atoms with Crippen LogP contribution in [0.25, 0.3) is 0 Å². The molecule has 0 aromatic heterocycles. The largest absolute Gasteiger partial charge is 0.492 e. The normalized spacial score (nSPS) is 19.0. The van der Waals surface area contributed by atoms with Gasteiger partial charge in [0.2, 0.25) is 6.79 Å². The molecule has 3 rings (SSSR count). The molecule has 0 saturated carbocycles. The molecule has 0 radical (unpaired) electrons. The quantitative estimate of drug-likeness (QED) is 0.774. The van der Waals surface area contributed by atoms with Crippen molar-refractivity contribution in [2.75, 3.05) is 33.1 Å². The van der Waals surface area contributed by atoms with Crippen molar-refractivity contribution in [3.05, 3.63) is 18.2 Å². The third kappa shape index (κ3) is 3.94. The van der Waals surface area contributed by atoms with Crippen LogP contribution in [0.5, 0.6) is 17.2 Å². The van der Waals surface area contributed by atoms with Crippen molar-refractivity contribution in [2.45, 2.75) is 18.9 Å². The van der Waals surface area contributed by atoms with Gasteiger partial charge >= 0.3 is 6.03 Å². The van der Waals surface area contributed by atoms with Gasteiger partial charge < -0.3 is 29.6 Å². The summed E-state index contributed by atoms with van der Waals surface area (Å²) in [6, 6.07) is 5.19. The van der Waals surface area contributed by atoms with Gasteiger partial charge in [-0.05, 0) is 25.0 Å². The van der Waals surface area contributed by atoms with Gasteiger partial charge in [0, 0.05) is 19.2 Å². The molecule has 22 heavy (non-hydrogen) atoms. The Bertz CT molecular complexity index is 517. The third-order valence-electron chi connectivity index (χ3n) is 3.51. The standard InChI is InChI=1S/C15H20N2O5/c18-15(17-9-12-2-1-6-19-12)16-5-7-20-11-3-4-13-14(8-11)22-10-21-13/h3-4,8,12H,1-2,5-7,9-10H2,(H2,16,17,18). The number of ether oxygens (including phenoxy) is 4. The van der Waals surface area contributed by atoms with E-state index in [9.17, 15) is 4.79 Å². The lowest BCUT2D eigenvalue weighted by atomic mass is 10.2. The molecule has 7 nitrogen and oxygen atoms in total. The maximum Gasteiger partial charge on any atom is 0.315 e. The van der Waals surface area contributed by atoms with E-state index in [4.69, 9.17) is 18.9 Å². The fourth-order valence-corrected chi connectivity index (χ4v) is 2.37. The molecule has 0 aliphatic carbocycles. The minimum Gasteiger partial charge on any atom is -0.492 e. The SMILES string of the molecule is O=C(NCCOc1ccc2c(c1)OCO2)NCC1CCCO1. The van der Waals surface area contributed by atoms with Gasteiger partial charge in [-0.3, -0.25) is 0 Å². The van der Waals surface area contributed by atoms with E-state index in [0.29, 0.717) is 31.2 Å². The molecule has 2 aliphatic rings. The maximum atomic E-state index is 11.6. The second-order valence-electron chi connectivity index (χ2n) is 5.14. The van der Waals surface area contributed by atoms with Crippen LogP contribution in [0.4, 0.5) is 4.79 Å². The molecule has 1 unspecified atom stereocenters. The first-order valence-corrected chi connectivity index (χ1v) is 7.47. The van der Waals surface area contributed by atoms with Gasteiger partial charge in [0.05, 0.1) is 12.6 Å². The number of carbonyl (C=O) groups is 1. The van der Waals surface area contributed by atoms with E-state index in [1.54, 1.807) is 12.1 Å². The van der Waals surface area contributed by atoms with E-state index in [2.05, 4.69) is 10.6 Å². The van der Waals surface area contributed by atoms with Crippen molar-refractivity contribution in [2.24, 2.45) is 0 Å². The van der Waals surface area contributed by atoms with Crippen molar-refractivity contribution in [3.63, 3.8) is 0 Å². The summed E-state index contributed by atoms with van der Waals surface area (Å²) in [5.74, 6) is 2.09. The van der Waals surface area contributed by atoms with Crippen molar-refractivity contribution < 1.29 is 23.7 Å². The molecule has 1 aromatic carbocycles. The van der Waals surface area contributed by atoms with Crippen LogP contribution in [0.3, 0.4) is 0 Å². The molecule has 1 fully saturated rings. The number of fused-ring (bicyclic) bond motifs is 1. The number of carbonyl (C=O) groups excluding carboxylic acids is 1. The number of amides is 2. The summed E-state index contributed by atoms with van der Waals surface area (Å²) in [7, 11) is 0. The third-order valence-corrected chi connectivity index (χ3v) is 3.51. The van der Waals surface area contributed by atoms with Crippen molar-refractivity contribution in [1.82, 2.24) is 10.6 Å². The molecule has 7 heteroatoms. The minimum absolute atomic E-state index is 0.149. The summed E-state index contributed by atoms with van der Waals surface area (Å²) < 4.78 is 21.5. The molecule has 2 aliphatic heterocycles. The summed E-state index contributed by atoms with van der Waals surface area (Å²) >= 11 is 0. The highest BCUT2D eigenvalue weighted by atomic mass is 16.7. The lowest BCUT2D eigenvalue weighted by Gasteiger charge is -2.12. The zero-order valence-corrected chi connectivity index (χ0v) is 12.3. The highest BCUT2D eigenvalue weighted by molar-refractivity contribution is 5.73. The second kappa shape index (κ2) is 7.22. The topological polar surface area (TPSA) is 78.1 Å². The highest BCUT2D eigenvalue weighted by Gasteiger charge is 2.16. The number of hydrogen-bond acceptors (Lipinski definition) is 5. The zero-order chi connectivity index (χ0) is 15.2. The Morgan fingerprint density at radius 1 is 1.27 bits per heavy atom. The summed E-state index contributed by atoms with van der Waals surface area (Å²) in [5.41, 5.74) is 0. The predicted molar refractivity (Wildman–Crippen MR) is 78.4 cm³/mol. The Morgan fingerprint density at radius 3 is 3.05 bits per heavy atom. The van der Waals surface area contributed by atoms with Crippen molar-refractivity contribution >= 4 is 6.03 Å². The average molecular weight is 308 g/mol. The number of benzene rings is 1. The van der Waals surface area contributed by atoms with Crippen LogP contribution in [0, 0.1) is 0 Å². The summed E-state index contributed by atoms with van der Waals surface area (Å²) in [4.78, 5) is 11.6. The molecular formula is C15H20N2O5. The highest BCUT2D eigenvalue weighted by Crippen LogP contribution is 2.34. The smallest absolute Gasteiger partial charge is 0.315 e. The monoisotopic (exact) mass is 308 g/mol. The van der Waals surface area contributed by atoms with Gasteiger partial charge in [0.15, 0.2) is 11.5 Å². The van der Waals surface area contributed by atoms with E-state index in [1.807, 2.05) is 6.07 Å². The summed E-state index contributed by atoms with van der Waals surface area (Å²) in [5, 5.41) is 5.53. The average Bonchev–Trinajstić information content (AvgIpc) is 3.20. The van der Waals surface area contributed by atoms with Gasteiger partial charge in [0.25, 0.3) is 0 Å². The minimum atomic E-state index is -0.204. The van der Waals surface area contributed by atoms with Crippen LogP contribution >= 0.6 is 0 Å². The Labute approximate surface area is 128 Å². The molecular weight excluding hydrogens is 288 g/mol. The lowest BCUT2D eigenvalue weighted by molar-refractivity contribution is 0.111. The fourth-order valence-electron chi connectivity index (χ4n) is 2.37. The first-order valence-electron chi connectivity index (χ1n) is 7.47. The van der Waals surface area contributed by atoms with Gasteiger partial charge in [-0.1, -0.05) is 0 Å². The fraction of sp³-hybridized carbons (Fsp3) is 0.533. The van der Waals surface area contributed by atoms with E-state index >= 15 is 0 Å². The second-order valence-corrected chi connectivity index (χ2v) is 5.14. The summed E-state index contributed by atoms with van der Waals surface area (Å²) in [6.07, 6.45) is 2.22. The number of nitrogens with one attached hydrogen (secondary N) is 2. The molecule has 2 amide bonds. The molecule has 0 spiro atoms. The Hall–Kier alpha value is -2.15. The first kappa shape index (κ1) is 14.8. The van der Waals surface area contributed by atoms with Crippen LogP contribution < -0.4 is 24.8 Å². The van der Waals surface area contributed by atoms with Gasteiger partial charge in [-0.25, -0.2) is 4.79 Å². The molecule has 1 aromatic rings. The molecule has 2 heterocycles. The Kier molecular flexibility index (Phi) is 4.85. The molecule has 2 N–H and O–H groups in total. The molecule has 1 saturated heterocycles. The van der Waals surface area contributed by atoms with Crippen molar-refractivity contribution in [1.29, 1.82) is 0 Å². The van der Waals surface area contributed by atoms with Crippen LogP contribution in [0.2, 0.25) is 0 Å². The number of hydrogen-bond donors (Lipinski definition) is 2. The predicted octanol–water partition coefficient (Wildman–Crippen LogP) is 1.27. The van der Waals surface area contributed by atoms with Crippen LogP contribution in [0.1, 0.15) is 12.8 Å². The van der Waals surface area contributed by atoms with E-state index in [1.165, 1.54) is 0 Å². The number of urea groups is 1. The van der Waals surface area contributed by atoms with E-state index < -0.39 is 0 Å². The summed E-state index contributed by atoms with van der Waals surface area (Å²) in [6.45, 7) is 2.39. The van der Waals surface area contributed by atoms with Gasteiger partial charge in [-0.2, -0.15) is 0 Å². The zero-order valence-electron chi connectivity index (χ0n) is 12.3. The van der Waals surface area contributed by atoms with E-state index in [0.717, 1.165) is 25.2 Å². The molecule has 1 atom stereocenters. The van der Waals surface area contributed by atoms with Gasteiger partial charge in [0.1, 0.15) is 12.4 Å².